The summed E-state index contributed by atoms with van der Waals surface area (Å²) in [4.78, 5) is 7.20. The number of aromatic nitrogens is 1. The summed E-state index contributed by atoms with van der Waals surface area (Å²) in [6.45, 7) is 2.32. The number of nitrogens with two attached hydrogens (primary N) is 1. The Kier molecular flexibility index (Phi) is 2.52. The molecule has 2 N–H and O–H groups in total. The molecule has 1 saturated heterocycles. The number of nitrogens with zero attached hydrogens (tertiary/aromatic N) is 2. The van der Waals surface area contributed by atoms with Gasteiger partial charge in [-0.2, -0.15) is 0 Å². The molecule has 3 nitrogen and oxygen atoms in total. The Labute approximate surface area is 118 Å². The van der Waals surface area contributed by atoms with Crippen LogP contribution in [0.25, 0.3) is 21.8 Å². The molecule has 0 unspecified atom stereocenters. The summed E-state index contributed by atoms with van der Waals surface area (Å²) in [5.41, 5.74) is 9.91. The summed E-state index contributed by atoms with van der Waals surface area (Å²) >= 11 is 0. The van der Waals surface area contributed by atoms with Crippen molar-refractivity contribution in [3.05, 3.63) is 42.5 Å². The first-order valence-corrected chi connectivity index (χ1v) is 7.15. The highest BCUT2D eigenvalue weighted by Crippen LogP contribution is 2.27. The zero-order chi connectivity index (χ0) is 13.5. The fourth-order valence-electron chi connectivity index (χ4n) is 3.00. The lowest BCUT2D eigenvalue weighted by atomic mass is 10.1. The molecule has 4 rings (SSSR count). The summed E-state index contributed by atoms with van der Waals surface area (Å²) in [5.74, 6) is 0. The molecule has 1 aromatic heterocycles. The SMILES string of the molecule is Nc1ccc2cc3ccc(N4CCCC4)cc3nc2c1. The van der Waals surface area contributed by atoms with Crippen LogP contribution in [0, 0.1) is 0 Å². The van der Waals surface area contributed by atoms with Crippen molar-refractivity contribution in [3.8, 4) is 0 Å². The predicted octanol–water partition coefficient (Wildman–Crippen LogP) is 3.57. The van der Waals surface area contributed by atoms with Crippen LogP contribution < -0.4 is 10.6 Å². The van der Waals surface area contributed by atoms with Gasteiger partial charge in [0.2, 0.25) is 0 Å². The Balaban J connectivity index is 1.89. The lowest BCUT2D eigenvalue weighted by Gasteiger charge is -2.17. The fraction of sp³-hybridized carbons (Fsp3) is 0.235. The minimum Gasteiger partial charge on any atom is -0.399 e. The Morgan fingerprint density at radius 2 is 1.55 bits per heavy atom. The van der Waals surface area contributed by atoms with Gasteiger partial charge in [-0.3, -0.25) is 0 Å². The number of hydrogen-bond acceptors (Lipinski definition) is 3. The maximum atomic E-state index is 5.85. The monoisotopic (exact) mass is 263 g/mol. The van der Waals surface area contributed by atoms with Crippen molar-refractivity contribution in [1.29, 1.82) is 0 Å². The van der Waals surface area contributed by atoms with Crippen LogP contribution in [0.2, 0.25) is 0 Å². The molecule has 1 aliphatic heterocycles. The van der Waals surface area contributed by atoms with Crippen LogP contribution in [0.15, 0.2) is 42.5 Å². The van der Waals surface area contributed by atoms with Crippen molar-refractivity contribution in [2.24, 2.45) is 0 Å². The molecule has 0 amide bonds. The first-order chi connectivity index (χ1) is 9.79. The number of nitrogen functional groups attached to an aromatic ring is 1. The van der Waals surface area contributed by atoms with Gasteiger partial charge in [-0.1, -0.05) is 12.1 Å². The van der Waals surface area contributed by atoms with Crippen LogP contribution in [0.1, 0.15) is 12.8 Å². The maximum absolute atomic E-state index is 5.85. The summed E-state index contributed by atoms with van der Waals surface area (Å²) in [7, 11) is 0. The van der Waals surface area contributed by atoms with Crippen molar-refractivity contribution in [3.63, 3.8) is 0 Å². The maximum Gasteiger partial charge on any atom is 0.0730 e. The van der Waals surface area contributed by atoms with Gasteiger partial charge in [-0.15, -0.1) is 0 Å². The number of benzene rings is 2. The molecule has 0 bridgehead atoms. The second-order valence-corrected chi connectivity index (χ2v) is 5.51. The van der Waals surface area contributed by atoms with Gasteiger partial charge < -0.3 is 10.6 Å². The highest BCUT2D eigenvalue weighted by atomic mass is 15.1. The van der Waals surface area contributed by atoms with Gasteiger partial charge in [-0.25, -0.2) is 4.98 Å². The molecule has 100 valence electrons. The summed E-state index contributed by atoms with van der Waals surface area (Å²) < 4.78 is 0. The predicted molar refractivity (Wildman–Crippen MR) is 85.1 cm³/mol. The topological polar surface area (TPSA) is 42.1 Å². The number of rotatable bonds is 1. The van der Waals surface area contributed by atoms with E-state index in [1.807, 2.05) is 18.2 Å². The molecule has 0 aliphatic carbocycles. The van der Waals surface area contributed by atoms with Crippen molar-refractivity contribution in [2.75, 3.05) is 23.7 Å². The number of anilines is 2. The second kappa shape index (κ2) is 4.37. The number of fused-ring (bicyclic) bond motifs is 2. The lowest BCUT2D eigenvalue weighted by Crippen LogP contribution is -2.17. The Morgan fingerprint density at radius 1 is 0.850 bits per heavy atom. The van der Waals surface area contributed by atoms with E-state index in [4.69, 9.17) is 10.7 Å². The smallest absolute Gasteiger partial charge is 0.0730 e. The van der Waals surface area contributed by atoms with Crippen molar-refractivity contribution < 1.29 is 0 Å². The van der Waals surface area contributed by atoms with Gasteiger partial charge in [0.25, 0.3) is 0 Å². The van der Waals surface area contributed by atoms with Crippen LogP contribution in [-0.4, -0.2) is 18.1 Å². The highest BCUT2D eigenvalue weighted by Gasteiger charge is 2.12. The molecule has 1 fully saturated rings. The minimum absolute atomic E-state index is 0.764. The molecule has 2 heterocycles. The Morgan fingerprint density at radius 3 is 2.35 bits per heavy atom. The van der Waals surface area contributed by atoms with Crippen LogP contribution in [0.4, 0.5) is 11.4 Å². The van der Waals surface area contributed by atoms with E-state index < -0.39 is 0 Å². The third-order valence-electron chi connectivity index (χ3n) is 4.09. The summed E-state index contributed by atoms with van der Waals surface area (Å²) in [5, 5.41) is 2.32. The van der Waals surface area contributed by atoms with E-state index >= 15 is 0 Å². The van der Waals surface area contributed by atoms with E-state index in [0.717, 1.165) is 35.2 Å². The highest BCUT2D eigenvalue weighted by molar-refractivity contribution is 5.95. The molecule has 0 atom stereocenters. The zero-order valence-corrected chi connectivity index (χ0v) is 11.3. The van der Waals surface area contributed by atoms with Gasteiger partial charge in [0, 0.05) is 35.2 Å². The third-order valence-corrected chi connectivity index (χ3v) is 4.09. The van der Waals surface area contributed by atoms with Gasteiger partial charge in [-0.05, 0) is 43.2 Å². The quantitative estimate of drug-likeness (QED) is 0.539. The fourth-order valence-corrected chi connectivity index (χ4v) is 3.00. The zero-order valence-electron chi connectivity index (χ0n) is 11.3. The molecule has 0 radical (unpaired) electrons. The second-order valence-electron chi connectivity index (χ2n) is 5.51. The van der Waals surface area contributed by atoms with E-state index in [2.05, 4.69) is 29.2 Å². The normalized spacial score (nSPS) is 15.3. The molecular weight excluding hydrogens is 246 g/mol. The molecule has 3 aromatic rings. The first-order valence-electron chi connectivity index (χ1n) is 7.15. The van der Waals surface area contributed by atoms with Crippen molar-refractivity contribution in [2.45, 2.75) is 12.8 Å². The third kappa shape index (κ3) is 1.86. The van der Waals surface area contributed by atoms with Gasteiger partial charge in [0.05, 0.1) is 11.0 Å². The number of pyridine rings is 1. The van der Waals surface area contributed by atoms with E-state index in [9.17, 15) is 0 Å². The molecule has 2 aromatic carbocycles. The van der Waals surface area contributed by atoms with E-state index in [1.165, 1.54) is 23.9 Å². The van der Waals surface area contributed by atoms with Gasteiger partial charge in [0.15, 0.2) is 0 Å². The molecule has 1 aliphatic rings. The minimum atomic E-state index is 0.764. The Hall–Kier alpha value is -2.29. The van der Waals surface area contributed by atoms with E-state index in [0.29, 0.717) is 0 Å². The lowest BCUT2D eigenvalue weighted by molar-refractivity contribution is 0.949. The summed E-state index contributed by atoms with van der Waals surface area (Å²) in [6.07, 6.45) is 2.58. The van der Waals surface area contributed by atoms with Gasteiger partial charge >= 0.3 is 0 Å². The summed E-state index contributed by atoms with van der Waals surface area (Å²) in [6, 6.07) is 14.7. The standard InChI is InChI=1S/C17H17N3/c18-14-5-3-12-9-13-4-6-15(20-7-1-2-8-20)11-17(13)19-16(12)10-14/h3-6,9-11H,1-2,7-8,18H2. The van der Waals surface area contributed by atoms with Crippen LogP contribution in [0.5, 0.6) is 0 Å². The van der Waals surface area contributed by atoms with E-state index in [1.54, 1.807) is 0 Å². The average molecular weight is 263 g/mol. The van der Waals surface area contributed by atoms with Gasteiger partial charge in [0.1, 0.15) is 0 Å². The van der Waals surface area contributed by atoms with Crippen LogP contribution >= 0.6 is 0 Å². The van der Waals surface area contributed by atoms with Crippen molar-refractivity contribution in [1.82, 2.24) is 4.98 Å². The average Bonchev–Trinajstić information content (AvgIpc) is 2.98. The van der Waals surface area contributed by atoms with Crippen molar-refractivity contribution >= 4 is 33.2 Å². The molecule has 3 heteroatoms. The van der Waals surface area contributed by atoms with E-state index in [-0.39, 0.29) is 0 Å². The molecule has 0 spiro atoms. The Bertz CT molecular complexity index is 789. The number of hydrogen-bond donors (Lipinski definition) is 1. The molecular formula is C17H17N3. The first kappa shape index (κ1) is 11.5. The largest absolute Gasteiger partial charge is 0.399 e. The molecule has 20 heavy (non-hydrogen) atoms. The molecule has 0 saturated carbocycles. The van der Waals surface area contributed by atoms with Crippen LogP contribution in [0.3, 0.4) is 0 Å². The van der Waals surface area contributed by atoms with Crippen LogP contribution in [-0.2, 0) is 0 Å².